The number of halogens is 2. The van der Waals surface area contributed by atoms with Crippen LogP contribution in [-0.4, -0.2) is 60.9 Å². The van der Waals surface area contributed by atoms with Crippen LogP contribution in [0.2, 0.25) is 0 Å². The third kappa shape index (κ3) is 4.32. The minimum absolute atomic E-state index is 0.0881. The molecule has 188 valence electrons. The second-order valence-corrected chi connectivity index (χ2v) is 11.1. The van der Waals surface area contributed by atoms with E-state index in [0.29, 0.717) is 6.07 Å². The fraction of sp³-hybridized carbons (Fsp3) is 0.619. The van der Waals surface area contributed by atoms with E-state index in [1.54, 1.807) is 20.8 Å². The summed E-state index contributed by atoms with van der Waals surface area (Å²) in [5.74, 6) is -2.08. The average Bonchev–Trinajstić information content (AvgIpc) is 3.52. The molecule has 0 amide bonds. The molecule has 4 N–H and O–H groups in total. The molecule has 7 unspecified atom stereocenters. The minimum Gasteiger partial charge on any atom is -0.388 e. The first-order valence-electron chi connectivity index (χ1n) is 10.9. The SMILES string of the molecule is CCC(C)(CC1OC(c2cc3c(F)cc(F)nc3[nH]c2=O)C(O)C1O)OP(=O)(O)C1(CC)CO1. The Morgan fingerprint density at radius 3 is 2.59 bits per heavy atom. The van der Waals surface area contributed by atoms with Crippen LogP contribution < -0.4 is 5.56 Å². The number of H-pyrrole nitrogens is 1. The Morgan fingerprint density at radius 1 is 1.32 bits per heavy atom. The highest BCUT2D eigenvalue weighted by Gasteiger charge is 2.61. The molecule has 2 saturated heterocycles. The summed E-state index contributed by atoms with van der Waals surface area (Å²) in [7, 11) is -4.19. The molecule has 0 aliphatic carbocycles. The number of nitrogens with one attached hydrogen (secondary N) is 1. The predicted molar refractivity (Wildman–Crippen MR) is 115 cm³/mol. The van der Waals surface area contributed by atoms with Crippen LogP contribution in [0.25, 0.3) is 11.0 Å². The van der Waals surface area contributed by atoms with Crippen LogP contribution in [0.1, 0.15) is 51.7 Å². The van der Waals surface area contributed by atoms with Crippen molar-refractivity contribution in [2.75, 3.05) is 6.61 Å². The van der Waals surface area contributed by atoms with Crippen molar-refractivity contribution >= 4 is 18.6 Å². The first kappa shape index (κ1) is 25.3. The van der Waals surface area contributed by atoms with Crippen LogP contribution in [-0.2, 0) is 18.6 Å². The molecule has 7 atom stereocenters. The van der Waals surface area contributed by atoms with Crippen LogP contribution in [0.3, 0.4) is 0 Å². The van der Waals surface area contributed by atoms with Crippen molar-refractivity contribution in [3.05, 3.63) is 39.8 Å². The summed E-state index contributed by atoms with van der Waals surface area (Å²) in [4.78, 5) is 28.8. The summed E-state index contributed by atoms with van der Waals surface area (Å²) in [5, 5.41) is 19.8. The van der Waals surface area contributed by atoms with Gasteiger partial charge in [0.1, 0.15) is 29.8 Å². The maximum atomic E-state index is 14.2. The van der Waals surface area contributed by atoms with Gasteiger partial charge < -0.3 is 34.1 Å². The number of aliphatic hydroxyl groups excluding tert-OH is 2. The van der Waals surface area contributed by atoms with Gasteiger partial charge in [-0.25, -0.2) is 9.37 Å². The maximum absolute atomic E-state index is 14.2. The number of hydrogen-bond acceptors (Lipinski definition) is 8. The van der Waals surface area contributed by atoms with E-state index < -0.39 is 60.3 Å². The number of fused-ring (bicyclic) bond motifs is 1. The van der Waals surface area contributed by atoms with Gasteiger partial charge in [-0.05, 0) is 25.8 Å². The van der Waals surface area contributed by atoms with Gasteiger partial charge in [0.05, 0.1) is 23.7 Å². The van der Waals surface area contributed by atoms with E-state index in [0.717, 1.165) is 6.07 Å². The van der Waals surface area contributed by atoms with Crippen molar-refractivity contribution < 1.29 is 42.4 Å². The molecule has 0 saturated carbocycles. The Balaban J connectivity index is 1.59. The van der Waals surface area contributed by atoms with Crippen LogP contribution >= 0.6 is 7.60 Å². The molecule has 2 aliphatic heterocycles. The zero-order valence-corrected chi connectivity index (χ0v) is 19.7. The van der Waals surface area contributed by atoms with Crippen LogP contribution in [0.4, 0.5) is 8.78 Å². The van der Waals surface area contributed by atoms with Gasteiger partial charge in [-0.15, -0.1) is 0 Å². The number of aliphatic hydroxyl groups is 2. The lowest BCUT2D eigenvalue weighted by molar-refractivity contribution is -0.0485. The molecule has 13 heteroatoms. The standard InChI is InChI=1S/C21H27F2N2O8P/c1-4-20(3,33-34(29,30)21(5-2)9-31-21)8-13-15(26)16(27)17(32-13)11-6-10-12(22)7-14(23)24-18(10)25-19(11)28/h6-7,13,15-17,26-27H,4-5,8-9H2,1-3H3,(H,29,30)(H,24,25,28). The number of aromatic nitrogens is 2. The van der Waals surface area contributed by atoms with Gasteiger partial charge in [0, 0.05) is 18.1 Å². The molecular formula is C21H27F2N2O8P. The maximum Gasteiger partial charge on any atom is 0.362 e. The summed E-state index contributed by atoms with van der Waals surface area (Å²) in [6.45, 7) is 5.11. The third-order valence-corrected chi connectivity index (χ3v) is 9.00. The predicted octanol–water partition coefficient (Wildman–Crippen LogP) is 2.26. The molecule has 0 bridgehead atoms. The Hall–Kier alpha value is -1.79. The number of pyridine rings is 2. The minimum atomic E-state index is -4.19. The van der Waals surface area contributed by atoms with Gasteiger partial charge in [0.15, 0.2) is 5.34 Å². The van der Waals surface area contributed by atoms with E-state index in [9.17, 15) is 33.2 Å². The van der Waals surface area contributed by atoms with Crippen molar-refractivity contribution in [2.45, 2.75) is 75.4 Å². The second kappa shape index (κ2) is 8.70. The number of aromatic amines is 1. The lowest BCUT2D eigenvalue weighted by Crippen LogP contribution is -2.39. The Kier molecular flexibility index (Phi) is 6.48. The van der Waals surface area contributed by atoms with Gasteiger partial charge in [-0.2, -0.15) is 4.39 Å². The Bertz CT molecular complexity index is 1210. The summed E-state index contributed by atoms with van der Waals surface area (Å²) in [6, 6.07) is 1.64. The van der Waals surface area contributed by atoms with Crippen molar-refractivity contribution in [1.82, 2.24) is 9.97 Å². The van der Waals surface area contributed by atoms with Crippen LogP contribution in [0.5, 0.6) is 0 Å². The number of ether oxygens (including phenoxy) is 2. The molecule has 0 spiro atoms. The number of hydrogen-bond donors (Lipinski definition) is 4. The van der Waals surface area contributed by atoms with Crippen molar-refractivity contribution in [3.63, 3.8) is 0 Å². The third-order valence-electron chi connectivity index (χ3n) is 6.71. The second-order valence-electron chi connectivity index (χ2n) is 9.03. The number of epoxide rings is 1. The zero-order valence-electron chi connectivity index (χ0n) is 18.8. The Labute approximate surface area is 193 Å². The van der Waals surface area contributed by atoms with Crippen molar-refractivity contribution in [3.8, 4) is 0 Å². The van der Waals surface area contributed by atoms with E-state index in [1.165, 1.54) is 0 Å². The lowest BCUT2D eigenvalue weighted by atomic mass is 9.92. The summed E-state index contributed by atoms with van der Waals surface area (Å²) >= 11 is 0. The van der Waals surface area contributed by atoms with E-state index >= 15 is 0 Å². The van der Waals surface area contributed by atoms with Crippen LogP contribution in [0.15, 0.2) is 16.9 Å². The molecule has 2 fully saturated rings. The van der Waals surface area contributed by atoms with Crippen molar-refractivity contribution in [2.24, 2.45) is 0 Å². The lowest BCUT2D eigenvalue weighted by Gasteiger charge is -2.34. The van der Waals surface area contributed by atoms with E-state index in [2.05, 4.69) is 9.97 Å². The van der Waals surface area contributed by atoms with Gasteiger partial charge >= 0.3 is 7.60 Å². The van der Waals surface area contributed by atoms with E-state index in [1.807, 2.05) is 0 Å². The van der Waals surface area contributed by atoms with Gasteiger partial charge in [0.2, 0.25) is 5.95 Å². The molecule has 0 aromatic carbocycles. The van der Waals surface area contributed by atoms with E-state index in [-0.39, 0.29) is 42.5 Å². The summed E-state index contributed by atoms with van der Waals surface area (Å²) in [5.41, 5.74) is -2.53. The first-order valence-corrected chi connectivity index (χ1v) is 12.5. The average molecular weight is 504 g/mol. The molecule has 34 heavy (non-hydrogen) atoms. The van der Waals surface area contributed by atoms with Gasteiger partial charge in [-0.1, -0.05) is 13.8 Å². The van der Waals surface area contributed by atoms with Gasteiger partial charge in [-0.3, -0.25) is 9.36 Å². The molecule has 4 rings (SSSR count). The monoisotopic (exact) mass is 504 g/mol. The van der Waals surface area contributed by atoms with E-state index in [4.69, 9.17) is 14.0 Å². The number of rotatable bonds is 8. The fourth-order valence-corrected chi connectivity index (χ4v) is 5.98. The molecule has 2 aliphatic rings. The molecule has 10 nitrogen and oxygen atoms in total. The molecule has 4 heterocycles. The highest BCUT2D eigenvalue weighted by Crippen LogP contribution is 2.66. The largest absolute Gasteiger partial charge is 0.388 e. The molecular weight excluding hydrogens is 477 g/mol. The topological polar surface area (TPSA) is 154 Å². The highest BCUT2D eigenvalue weighted by molar-refractivity contribution is 7.54. The molecule has 2 aromatic rings. The van der Waals surface area contributed by atoms with Crippen LogP contribution in [0, 0.1) is 11.8 Å². The normalized spacial score (nSPS) is 32.5. The van der Waals surface area contributed by atoms with Crippen molar-refractivity contribution in [1.29, 1.82) is 0 Å². The van der Waals surface area contributed by atoms with Gasteiger partial charge in [0.25, 0.3) is 5.56 Å². The Morgan fingerprint density at radius 2 is 2.00 bits per heavy atom. The molecule has 0 radical (unpaired) electrons. The quantitative estimate of drug-likeness (QED) is 0.241. The highest BCUT2D eigenvalue weighted by atomic mass is 31.2. The smallest absolute Gasteiger partial charge is 0.362 e. The fourth-order valence-electron chi connectivity index (χ4n) is 4.22. The summed E-state index contributed by atoms with van der Waals surface area (Å²) in [6.07, 6.45) is -4.98. The molecule has 2 aromatic heterocycles. The number of nitrogens with zero attached hydrogens (tertiary/aromatic N) is 1. The zero-order chi connectivity index (χ0) is 25.1. The summed E-state index contributed by atoms with van der Waals surface area (Å²) < 4.78 is 57.1. The first-order chi connectivity index (χ1) is 15.8.